The highest BCUT2D eigenvalue weighted by Gasteiger charge is 2.16. The standard InChI is InChI=1S/C13H8FN3O3/c14-11-6-9(7-15)3-4-10(11)8-20-12-2-1-5-16-13(12)17(18)19/h1-6H,8H2. The summed E-state index contributed by atoms with van der Waals surface area (Å²) in [6, 6.07) is 8.60. The molecular formula is C13H8FN3O3. The van der Waals surface area contributed by atoms with Gasteiger partial charge in [-0.1, -0.05) is 6.07 Å². The molecule has 20 heavy (non-hydrogen) atoms. The van der Waals surface area contributed by atoms with E-state index >= 15 is 0 Å². The summed E-state index contributed by atoms with van der Waals surface area (Å²) < 4.78 is 18.8. The van der Waals surface area contributed by atoms with Gasteiger partial charge in [0.25, 0.3) is 0 Å². The Bertz CT molecular complexity index is 698. The van der Waals surface area contributed by atoms with E-state index in [2.05, 4.69) is 4.98 Å². The SMILES string of the molecule is N#Cc1ccc(COc2cccnc2[N+](=O)[O-])c(F)c1. The van der Waals surface area contributed by atoms with E-state index in [-0.39, 0.29) is 23.5 Å². The molecule has 0 aliphatic rings. The average Bonchev–Trinajstić information content (AvgIpc) is 2.46. The number of benzene rings is 1. The van der Waals surface area contributed by atoms with Crippen LogP contribution in [0.5, 0.6) is 5.75 Å². The highest BCUT2D eigenvalue weighted by atomic mass is 19.1. The molecule has 0 saturated heterocycles. The summed E-state index contributed by atoms with van der Waals surface area (Å²) in [7, 11) is 0. The lowest BCUT2D eigenvalue weighted by molar-refractivity contribution is -0.390. The van der Waals surface area contributed by atoms with Gasteiger partial charge in [0, 0.05) is 5.56 Å². The number of nitrogens with zero attached hydrogens (tertiary/aromatic N) is 3. The molecule has 1 heterocycles. The van der Waals surface area contributed by atoms with Gasteiger partial charge in [-0.15, -0.1) is 0 Å². The average molecular weight is 273 g/mol. The summed E-state index contributed by atoms with van der Waals surface area (Å²) in [5.41, 5.74) is 0.390. The summed E-state index contributed by atoms with van der Waals surface area (Å²) in [6.07, 6.45) is 1.27. The molecule has 0 aliphatic carbocycles. The molecule has 2 rings (SSSR count). The van der Waals surface area contributed by atoms with E-state index in [1.165, 1.54) is 30.5 Å². The number of hydrogen-bond donors (Lipinski definition) is 0. The fourth-order valence-electron chi connectivity index (χ4n) is 1.52. The van der Waals surface area contributed by atoms with E-state index in [9.17, 15) is 14.5 Å². The molecule has 100 valence electrons. The third kappa shape index (κ3) is 2.87. The molecule has 0 radical (unpaired) electrons. The zero-order valence-electron chi connectivity index (χ0n) is 10.1. The largest absolute Gasteiger partial charge is 0.481 e. The zero-order chi connectivity index (χ0) is 14.5. The lowest BCUT2D eigenvalue weighted by atomic mass is 10.1. The summed E-state index contributed by atoms with van der Waals surface area (Å²) in [6.45, 7) is -0.190. The van der Waals surface area contributed by atoms with Crippen LogP contribution in [0.1, 0.15) is 11.1 Å². The molecule has 0 fully saturated rings. The first kappa shape index (κ1) is 13.4. The summed E-state index contributed by atoms with van der Waals surface area (Å²) in [5, 5.41) is 19.4. The third-order valence-electron chi connectivity index (χ3n) is 2.49. The van der Waals surface area contributed by atoms with Crippen LogP contribution >= 0.6 is 0 Å². The van der Waals surface area contributed by atoms with Crippen LogP contribution < -0.4 is 4.74 Å². The highest BCUT2D eigenvalue weighted by molar-refractivity contribution is 5.39. The maximum absolute atomic E-state index is 13.6. The van der Waals surface area contributed by atoms with E-state index in [0.29, 0.717) is 0 Å². The van der Waals surface area contributed by atoms with Gasteiger partial charge in [0.05, 0.1) is 11.6 Å². The molecule has 0 unspecified atom stereocenters. The van der Waals surface area contributed by atoms with Crippen molar-refractivity contribution in [3.63, 3.8) is 0 Å². The third-order valence-corrected chi connectivity index (χ3v) is 2.49. The Labute approximate surface area is 113 Å². The number of aromatic nitrogens is 1. The molecule has 7 heteroatoms. The number of hydrogen-bond acceptors (Lipinski definition) is 5. The Morgan fingerprint density at radius 3 is 2.90 bits per heavy atom. The predicted molar refractivity (Wildman–Crippen MR) is 66.3 cm³/mol. The molecule has 6 nitrogen and oxygen atoms in total. The minimum absolute atomic E-state index is 0.0405. The molecule has 0 N–H and O–H groups in total. The van der Waals surface area contributed by atoms with Crippen LogP contribution in [0, 0.1) is 27.3 Å². The summed E-state index contributed by atoms with van der Waals surface area (Å²) in [4.78, 5) is 13.6. The van der Waals surface area contributed by atoms with Crippen molar-refractivity contribution in [2.45, 2.75) is 6.61 Å². The van der Waals surface area contributed by atoms with Gasteiger partial charge in [-0.25, -0.2) is 4.39 Å². The zero-order valence-corrected chi connectivity index (χ0v) is 10.1. The summed E-state index contributed by atoms with van der Waals surface area (Å²) >= 11 is 0. The van der Waals surface area contributed by atoms with Gasteiger partial charge < -0.3 is 14.9 Å². The lowest BCUT2D eigenvalue weighted by Crippen LogP contribution is -2.02. The molecule has 1 aromatic heterocycles. The van der Waals surface area contributed by atoms with Crippen molar-refractivity contribution < 1.29 is 14.1 Å². The first-order valence-corrected chi connectivity index (χ1v) is 5.52. The molecule has 1 aromatic carbocycles. The second-order valence-electron chi connectivity index (χ2n) is 3.79. The number of ether oxygens (including phenoxy) is 1. The Morgan fingerprint density at radius 2 is 2.25 bits per heavy atom. The van der Waals surface area contributed by atoms with Crippen LogP contribution in [0.4, 0.5) is 10.2 Å². The first-order chi connectivity index (χ1) is 9.61. The normalized spacial score (nSPS) is 9.80. The van der Waals surface area contributed by atoms with Crippen LogP contribution in [0.2, 0.25) is 0 Å². The Kier molecular flexibility index (Phi) is 3.86. The fourth-order valence-corrected chi connectivity index (χ4v) is 1.52. The van der Waals surface area contributed by atoms with E-state index in [1.807, 2.05) is 6.07 Å². The van der Waals surface area contributed by atoms with Crippen molar-refractivity contribution in [3.05, 3.63) is 63.6 Å². The van der Waals surface area contributed by atoms with Crippen LogP contribution in [-0.2, 0) is 6.61 Å². The molecule has 2 aromatic rings. The van der Waals surface area contributed by atoms with E-state index in [0.717, 1.165) is 6.07 Å². The van der Waals surface area contributed by atoms with Crippen LogP contribution in [0.3, 0.4) is 0 Å². The Morgan fingerprint density at radius 1 is 1.45 bits per heavy atom. The number of pyridine rings is 1. The van der Waals surface area contributed by atoms with Crippen LogP contribution in [-0.4, -0.2) is 9.91 Å². The Balaban J connectivity index is 2.18. The van der Waals surface area contributed by atoms with Gasteiger partial charge in [-0.2, -0.15) is 5.26 Å². The van der Waals surface area contributed by atoms with E-state index in [1.54, 1.807) is 0 Å². The second-order valence-corrected chi connectivity index (χ2v) is 3.79. The van der Waals surface area contributed by atoms with Crippen molar-refractivity contribution >= 4 is 5.82 Å². The second kappa shape index (κ2) is 5.75. The number of nitriles is 1. The van der Waals surface area contributed by atoms with Gasteiger partial charge in [-0.3, -0.25) is 0 Å². The number of halogens is 1. The molecule has 0 aliphatic heterocycles. The van der Waals surface area contributed by atoms with E-state index in [4.69, 9.17) is 10.00 Å². The highest BCUT2D eigenvalue weighted by Crippen LogP contribution is 2.24. The minimum atomic E-state index is -0.676. The fraction of sp³-hybridized carbons (Fsp3) is 0.0769. The number of rotatable bonds is 4. The van der Waals surface area contributed by atoms with Crippen molar-refractivity contribution in [1.82, 2.24) is 4.98 Å². The van der Waals surface area contributed by atoms with Crippen LogP contribution in [0.25, 0.3) is 0 Å². The Hall–Kier alpha value is -3.01. The summed E-state index contributed by atoms with van der Waals surface area (Å²) in [5.74, 6) is -1.07. The molecule has 0 atom stereocenters. The predicted octanol–water partition coefficient (Wildman–Crippen LogP) is 2.58. The van der Waals surface area contributed by atoms with Crippen molar-refractivity contribution in [2.75, 3.05) is 0 Å². The van der Waals surface area contributed by atoms with Gasteiger partial charge >= 0.3 is 5.82 Å². The van der Waals surface area contributed by atoms with Gasteiger partial charge in [0.2, 0.25) is 5.75 Å². The van der Waals surface area contributed by atoms with Crippen molar-refractivity contribution in [3.8, 4) is 11.8 Å². The molecule has 0 bridgehead atoms. The molecular weight excluding hydrogens is 265 g/mol. The monoisotopic (exact) mass is 273 g/mol. The molecule has 0 spiro atoms. The quantitative estimate of drug-likeness (QED) is 0.630. The first-order valence-electron chi connectivity index (χ1n) is 5.52. The number of nitro groups is 1. The minimum Gasteiger partial charge on any atom is -0.481 e. The molecule has 0 amide bonds. The lowest BCUT2D eigenvalue weighted by Gasteiger charge is -2.07. The van der Waals surface area contributed by atoms with Gasteiger partial charge in [0.1, 0.15) is 18.6 Å². The van der Waals surface area contributed by atoms with Gasteiger partial charge in [0.15, 0.2) is 0 Å². The van der Waals surface area contributed by atoms with E-state index < -0.39 is 16.6 Å². The van der Waals surface area contributed by atoms with Crippen molar-refractivity contribution in [1.29, 1.82) is 5.26 Å². The maximum Gasteiger partial charge on any atom is 0.406 e. The topological polar surface area (TPSA) is 89.0 Å². The van der Waals surface area contributed by atoms with Crippen LogP contribution in [0.15, 0.2) is 36.5 Å². The van der Waals surface area contributed by atoms with Gasteiger partial charge in [-0.05, 0) is 34.2 Å². The smallest absolute Gasteiger partial charge is 0.406 e. The maximum atomic E-state index is 13.6. The molecule has 0 saturated carbocycles. The van der Waals surface area contributed by atoms with Crippen molar-refractivity contribution in [2.24, 2.45) is 0 Å².